The predicted octanol–water partition coefficient (Wildman–Crippen LogP) is -1.79. The number of aliphatic carboxylic acids is 4. The van der Waals surface area contributed by atoms with Crippen LogP contribution in [0.4, 0.5) is 4.79 Å². The SMILES string of the molecule is O=C(O)CC[C@H](NC(=O)N[C@@H](CCCCNC(=O)CCCCCCC(=O)NCCCC[C@@H](NC(=O)[C@@H](Cc1ccc2ccccc2c1)NC(=O)[C@@H](Cc1ccc(O)cc1)NC(=O)[C@H](CO)NC(=O)[C@H](CO)NC(=O)[C@H](CO)NC(=O)CS)C(=O)O)C(=O)O)C(=O)O. The van der Waals surface area contributed by atoms with E-state index >= 15 is 0 Å². The minimum absolute atomic E-state index is 0.0319. The maximum atomic E-state index is 14.4. The Balaban J connectivity index is 1.55. The van der Waals surface area contributed by atoms with E-state index in [1.807, 2.05) is 18.2 Å². The number of phenolic OH excluding ortho intramolecular Hbond substituents is 1. The van der Waals surface area contributed by atoms with Crippen LogP contribution in [0.1, 0.15) is 101 Å². The zero-order valence-corrected chi connectivity index (χ0v) is 50.8. The van der Waals surface area contributed by atoms with Crippen LogP contribution in [-0.4, -0.2) is 205 Å². The van der Waals surface area contributed by atoms with Crippen LogP contribution in [0.3, 0.4) is 0 Å². The topological polar surface area (TPSA) is 504 Å². The van der Waals surface area contributed by atoms with Crippen molar-refractivity contribution in [1.29, 1.82) is 0 Å². The van der Waals surface area contributed by atoms with Gasteiger partial charge >= 0.3 is 29.9 Å². The van der Waals surface area contributed by atoms with Crippen LogP contribution in [0.25, 0.3) is 10.8 Å². The Bertz CT molecular complexity index is 2960. The predicted molar refractivity (Wildman–Crippen MR) is 327 cm³/mol. The minimum atomic E-state index is -1.83. The van der Waals surface area contributed by atoms with E-state index in [1.165, 1.54) is 24.3 Å². The number of amides is 10. The number of benzene rings is 3. The highest BCUT2D eigenvalue weighted by molar-refractivity contribution is 7.81. The second-order valence-electron chi connectivity index (χ2n) is 21.2. The quantitative estimate of drug-likeness (QED) is 0.0220. The first-order valence-electron chi connectivity index (χ1n) is 29.4. The molecule has 0 aliphatic heterocycles. The Hall–Kier alpha value is -9.14. The van der Waals surface area contributed by atoms with Gasteiger partial charge < -0.3 is 94.0 Å². The summed E-state index contributed by atoms with van der Waals surface area (Å²) in [6, 6.07) is 4.36. The van der Waals surface area contributed by atoms with Crippen molar-refractivity contribution in [1.82, 2.24) is 53.2 Å². The van der Waals surface area contributed by atoms with Gasteiger partial charge in [0.2, 0.25) is 47.3 Å². The zero-order valence-electron chi connectivity index (χ0n) is 49.9. The number of aliphatic hydroxyl groups excluding tert-OH is 3. The normalized spacial score (nSPS) is 13.6. The molecule has 0 unspecified atom stereocenters. The number of carboxylic acid groups (broad SMARTS) is 4. The minimum Gasteiger partial charge on any atom is -0.508 e. The molecule has 3 aromatic rings. The molecular weight excluding hydrogens is 1220 g/mol. The molecule has 8 atom stereocenters. The third-order valence-electron chi connectivity index (χ3n) is 14.0. The Morgan fingerprint density at radius 2 is 0.780 bits per heavy atom. The average Bonchev–Trinajstić information content (AvgIpc) is 1.04. The van der Waals surface area contributed by atoms with Gasteiger partial charge in [-0.1, -0.05) is 67.4 Å². The Labute approximate surface area is 528 Å². The molecule has 91 heavy (non-hydrogen) atoms. The molecule has 3 aromatic carbocycles. The van der Waals surface area contributed by atoms with Crippen molar-refractivity contribution < 1.29 is 103 Å². The molecule has 0 aliphatic carbocycles. The lowest BCUT2D eigenvalue weighted by atomic mass is 9.99. The van der Waals surface area contributed by atoms with Gasteiger partial charge in [0.05, 0.1) is 25.6 Å². The summed E-state index contributed by atoms with van der Waals surface area (Å²) >= 11 is 3.79. The van der Waals surface area contributed by atoms with Gasteiger partial charge in [-0.15, -0.1) is 0 Å². The maximum Gasteiger partial charge on any atom is 0.326 e. The summed E-state index contributed by atoms with van der Waals surface area (Å²) < 4.78 is 0. The number of thiol groups is 1. The maximum absolute atomic E-state index is 14.4. The van der Waals surface area contributed by atoms with Crippen LogP contribution < -0.4 is 53.2 Å². The summed E-state index contributed by atoms with van der Waals surface area (Å²) in [4.78, 5) is 164. The highest BCUT2D eigenvalue weighted by Crippen LogP contribution is 2.18. The highest BCUT2D eigenvalue weighted by Gasteiger charge is 2.34. The van der Waals surface area contributed by atoms with Crippen LogP contribution in [-0.2, 0) is 70.4 Å². The number of aliphatic hydroxyl groups is 3. The van der Waals surface area contributed by atoms with Crippen molar-refractivity contribution in [2.45, 2.75) is 151 Å². The summed E-state index contributed by atoms with van der Waals surface area (Å²) in [6.07, 6.45) is 2.35. The molecule has 10 amide bonds. The number of rotatable bonds is 44. The van der Waals surface area contributed by atoms with Gasteiger partial charge in [0.1, 0.15) is 54.1 Å². The standard InChI is InChI=1S/C59H82N10O21S/c70-30-44(62-49(76)33-91)53(81)66-46(32-72)55(83)67-45(31-71)54(82)65-42(28-34-18-21-38(73)22-19-34)52(80)64-43(29-35-17-20-36-11-5-6-12-37(36)27-35)51(79)63-39(56(84)85)13-7-9-25-60-47(74)15-3-1-2-4-16-48(75)61-26-10-8-14-40(57(86)87)68-59(90)69-41(58(88)89)23-24-50(77)78/h5-6,11-12,17-22,27,39-46,70-73,91H,1-4,7-10,13-16,23-26,28-33H2,(H,60,74)(H,61,75)(H,62,76)(H,63,79)(H,64,80)(H,65,82)(H,66,81)(H,67,83)(H,77,78)(H,84,85)(H,86,87)(H,88,89)(H2,68,69,90)/t39-,40+,41+,42-,43-,44+,45+,46+/m1/s1. The zero-order chi connectivity index (χ0) is 67.4. The fourth-order valence-corrected chi connectivity index (χ4v) is 9.06. The molecule has 32 heteroatoms. The van der Waals surface area contributed by atoms with E-state index in [1.54, 1.807) is 24.3 Å². The molecule has 0 saturated carbocycles. The van der Waals surface area contributed by atoms with Crippen LogP contribution in [0.2, 0.25) is 0 Å². The van der Waals surface area contributed by atoms with Gasteiger partial charge in [-0.25, -0.2) is 19.2 Å². The number of hydrogen-bond acceptors (Lipinski definition) is 18. The van der Waals surface area contributed by atoms with Gasteiger partial charge in [0.25, 0.3) is 0 Å². The Morgan fingerprint density at radius 1 is 0.385 bits per heavy atom. The van der Waals surface area contributed by atoms with Crippen molar-refractivity contribution >= 4 is 101 Å². The van der Waals surface area contributed by atoms with E-state index in [4.69, 9.17) is 5.11 Å². The number of urea groups is 1. The summed E-state index contributed by atoms with van der Waals surface area (Å²) in [5, 5.41) is 103. The highest BCUT2D eigenvalue weighted by atomic mass is 32.1. The molecule has 0 saturated heterocycles. The first kappa shape index (κ1) is 76.1. The first-order valence-corrected chi connectivity index (χ1v) is 30.0. The number of fused-ring (bicyclic) bond motifs is 1. The number of hydrogen-bond donors (Lipinski definition) is 19. The fraction of sp³-hybridized carbons (Fsp3) is 0.508. The summed E-state index contributed by atoms with van der Waals surface area (Å²) in [7, 11) is 0. The van der Waals surface area contributed by atoms with Crippen molar-refractivity contribution in [3.05, 3.63) is 77.9 Å². The Morgan fingerprint density at radius 3 is 1.23 bits per heavy atom. The molecule has 0 radical (unpaired) electrons. The third-order valence-corrected chi connectivity index (χ3v) is 14.3. The first-order chi connectivity index (χ1) is 43.4. The van der Waals surface area contributed by atoms with Crippen molar-refractivity contribution in [3.8, 4) is 5.75 Å². The number of phenols is 1. The number of carboxylic acids is 4. The second kappa shape index (κ2) is 41.2. The number of nitrogens with one attached hydrogen (secondary N) is 10. The molecule has 0 aliphatic rings. The second-order valence-corrected chi connectivity index (χ2v) is 21.5. The van der Waals surface area contributed by atoms with Crippen LogP contribution in [0, 0.1) is 0 Å². The van der Waals surface area contributed by atoms with Crippen LogP contribution >= 0.6 is 12.6 Å². The monoisotopic (exact) mass is 1300 g/mol. The Kier molecular flexibility index (Phi) is 34.5. The van der Waals surface area contributed by atoms with Crippen LogP contribution in [0.15, 0.2) is 66.7 Å². The molecule has 0 spiro atoms. The molecule has 0 heterocycles. The van der Waals surface area contributed by atoms with E-state index < -0.39 is 146 Å². The average molecular weight is 1300 g/mol. The van der Waals surface area contributed by atoms with E-state index in [9.17, 15) is 98.1 Å². The summed E-state index contributed by atoms with van der Waals surface area (Å²) in [5.41, 5.74) is 0.921. The van der Waals surface area contributed by atoms with Crippen LogP contribution in [0.5, 0.6) is 5.75 Å². The summed E-state index contributed by atoms with van der Waals surface area (Å²) in [6.45, 7) is -2.62. The van der Waals surface area contributed by atoms with Gasteiger partial charge in [0, 0.05) is 45.2 Å². The lowest BCUT2D eigenvalue weighted by molar-refractivity contribution is -0.143. The molecular formula is C59H82N10O21S. The van der Waals surface area contributed by atoms with Crippen molar-refractivity contribution in [2.24, 2.45) is 0 Å². The smallest absolute Gasteiger partial charge is 0.326 e. The molecule has 0 fully saturated rings. The van der Waals surface area contributed by atoms with E-state index in [0.29, 0.717) is 49.7 Å². The van der Waals surface area contributed by atoms with Crippen molar-refractivity contribution in [3.63, 3.8) is 0 Å². The van der Waals surface area contributed by atoms with Gasteiger partial charge in [-0.2, -0.15) is 12.6 Å². The molecule has 0 aromatic heterocycles. The number of aromatic hydroxyl groups is 1. The fourth-order valence-electron chi connectivity index (χ4n) is 8.97. The third kappa shape index (κ3) is 29.4. The lowest BCUT2D eigenvalue weighted by Gasteiger charge is -2.27. The van der Waals surface area contributed by atoms with Gasteiger partial charge in [0.15, 0.2) is 0 Å². The molecule has 500 valence electrons. The summed E-state index contributed by atoms with van der Waals surface area (Å²) in [5.74, 6) is -12.6. The largest absolute Gasteiger partial charge is 0.508 e. The van der Waals surface area contributed by atoms with Crippen molar-refractivity contribution in [2.75, 3.05) is 38.7 Å². The van der Waals surface area contributed by atoms with E-state index in [-0.39, 0.29) is 87.8 Å². The molecule has 31 nitrogen and oxygen atoms in total. The van der Waals surface area contributed by atoms with Gasteiger partial charge in [-0.3, -0.25) is 43.2 Å². The lowest BCUT2D eigenvalue weighted by Crippen LogP contribution is -2.61. The molecule has 0 bridgehead atoms. The number of unbranched alkanes of at least 4 members (excludes halogenated alkanes) is 5. The van der Waals surface area contributed by atoms with E-state index in [2.05, 4.69) is 65.8 Å². The van der Waals surface area contributed by atoms with E-state index in [0.717, 1.165) is 10.8 Å². The number of carbonyl (C=O) groups excluding carboxylic acids is 9. The molecule has 3 rings (SSSR count). The van der Waals surface area contributed by atoms with Gasteiger partial charge in [-0.05, 0) is 91.8 Å². The molecule has 18 N–H and O–H groups in total. The number of carbonyl (C=O) groups is 13.